The Morgan fingerprint density at radius 1 is 1.00 bits per heavy atom. The van der Waals surface area contributed by atoms with Gasteiger partial charge in [0.15, 0.2) is 0 Å². The summed E-state index contributed by atoms with van der Waals surface area (Å²) in [4.78, 5) is 24.3. The van der Waals surface area contributed by atoms with Crippen LogP contribution in [0.2, 0.25) is 0 Å². The van der Waals surface area contributed by atoms with Crippen LogP contribution in [0.25, 0.3) is 0 Å². The van der Waals surface area contributed by atoms with Crippen molar-refractivity contribution >= 4 is 23.2 Å². The van der Waals surface area contributed by atoms with Crippen molar-refractivity contribution < 1.29 is 14.3 Å². The van der Waals surface area contributed by atoms with Crippen molar-refractivity contribution in [3.05, 3.63) is 90.0 Å². The summed E-state index contributed by atoms with van der Waals surface area (Å²) in [6.45, 7) is 1.97. The second-order valence-corrected chi connectivity index (χ2v) is 7.08. The molecule has 2 N–H and O–H groups in total. The van der Waals surface area contributed by atoms with Gasteiger partial charge in [0, 0.05) is 18.0 Å². The average Bonchev–Trinajstić information content (AvgIpc) is 2.76. The maximum Gasteiger partial charge on any atom is 0.259 e. The molecular weight excluding hydrogens is 378 g/mol. The van der Waals surface area contributed by atoms with Crippen LogP contribution in [-0.4, -0.2) is 17.5 Å². The molecule has 6 heteroatoms. The lowest BCUT2D eigenvalue weighted by Crippen LogP contribution is -2.31. The van der Waals surface area contributed by atoms with Crippen molar-refractivity contribution in [3.63, 3.8) is 0 Å². The predicted octanol–water partition coefficient (Wildman–Crippen LogP) is 4.59. The summed E-state index contributed by atoms with van der Waals surface area (Å²) in [7, 11) is 0. The predicted molar refractivity (Wildman–Crippen MR) is 116 cm³/mol. The molecule has 0 saturated heterocycles. The van der Waals surface area contributed by atoms with Crippen molar-refractivity contribution in [1.82, 2.24) is 5.43 Å². The first-order valence-corrected chi connectivity index (χ1v) is 9.70. The molecule has 6 nitrogen and oxygen atoms in total. The van der Waals surface area contributed by atoms with Crippen LogP contribution in [0.3, 0.4) is 0 Å². The summed E-state index contributed by atoms with van der Waals surface area (Å²) < 4.78 is 5.88. The number of nitrogens with zero attached hydrogens (tertiary/aromatic N) is 1. The largest absolute Gasteiger partial charge is 0.457 e. The molecule has 0 aliphatic carbocycles. The quantitative estimate of drug-likeness (QED) is 0.658. The fourth-order valence-corrected chi connectivity index (χ4v) is 3.28. The number of benzene rings is 3. The number of anilines is 1. The molecule has 0 aromatic heterocycles. The molecule has 2 amide bonds. The number of para-hydroxylation sites is 2. The van der Waals surface area contributed by atoms with E-state index >= 15 is 0 Å². The van der Waals surface area contributed by atoms with E-state index in [1.807, 2.05) is 67.6 Å². The van der Waals surface area contributed by atoms with Crippen molar-refractivity contribution in [2.24, 2.45) is 11.0 Å². The molecule has 0 saturated carbocycles. The van der Waals surface area contributed by atoms with Crippen LogP contribution in [0.1, 0.15) is 29.3 Å². The Labute approximate surface area is 174 Å². The standard InChI is InChI=1S/C24H21N3O3/c1-16-15-22(28)26-27-23(16)17-11-13-18(14-12-17)25-24(29)20-9-5-6-10-21(20)30-19-7-3-2-4-8-19/h2-14,16H,15H2,1H3,(H,25,29)(H,26,28). The summed E-state index contributed by atoms with van der Waals surface area (Å²) in [5.74, 6) is 0.855. The fraction of sp³-hybridized carbons (Fsp3) is 0.125. The lowest BCUT2D eigenvalue weighted by molar-refractivity contribution is -0.121. The first kappa shape index (κ1) is 19.4. The Kier molecular flexibility index (Phi) is 5.57. The van der Waals surface area contributed by atoms with E-state index in [2.05, 4.69) is 15.8 Å². The molecule has 0 spiro atoms. The summed E-state index contributed by atoms with van der Waals surface area (Å²) >= 11 is 0. The molecule has 30 heavy (non-hydrogen) atoms. The highest BCUT2D eigenvalue weighted by Crippen LogP contribution is 2.26. The maximum absolute atomic E-state index is 12.8. The Morgan fingerprint density at radius 2 is 1.70 bits per heavy atom. The summed E-state index contributed by atoms with van der Waals surface area (Å²) in [6, 6.07) is 23.9. The van der Waals surface area contributed by atoms with Crippen LogP contribution in [0, 0.1) is 5.92 Å². The van der Waals surface area contributed by atoms with Crippen LogP contribution in [-0.2, 0) is 4.79 Å². The van der Waals surface area contributed by atoms with E-state index in [0.717, 1.165) is 11.3 Å². The highest BCUT2D eigenvalue weighted by Gasteiger charge is 2.21. The number of hydrogen-bond donors (Lipinski definition) is 2. The summed E-state index contributed by atoms with van der Waals surface area (Å²) in [5, 5.41) is 7.07. The van der Waals surface area contributed by atoms with Gasteiger partial charge in [-0.3, -0.25) is 9.59 Å². The van der Waals surface area contributed by atoms with Gasteiger partial charge >= 0.3 is 0 Å². The van der Waals surface area contributed by atoms with Crippen molar-refractivity contribution in [1.29, 1.82) is 0 Å². The van der Waals surface area contributed by atoms with Crippen LogP contribution in [0.15, 0.2) is 84.0 Å². The SMILES string of the molecule is CC1CC(=O)NN=C1c1ccc(NC(=O)c2ccccc2Oc2ccccc2)cc1. The normalized spacial score (nSPS) is 15.7. The van der Waals surface area contributed by atoms with Crippen molar-refractivity contribution in [3.8, 4) is 11.5 Å². The zero-order valence-electron chi connectivity index (χ0n) is 16.5. The monoisotopic (exact) mass is 399 g/mol. The van der Waals surface area contributed by atoms with Gasteiger partial charge in [0.05, 0.1) is 11.3 Å². The number of nitrogens with one attached hydrogen (secondary N) is 2. The van der Waals surface area contributed by atoms with Crippen LogP contribution < -0.4 is 15.5 Å². The highest BCUT2D eigenvalue weighted by atomic mass is 16.5. The third-order valence-electron chi connectivity index (χ3n) is 4.80. The van der Waals surface area contributed by atoms with E-state index in [9.17, 15) is 9.59 Å². The molecule has 1 aliphatic rings. The number of ether oxygens (including phenoxy) is 1. The number of carbonyl (C=O) groups excluding carboxylic acids is 2. The smallest absolute Gasteiger partial charge is 0.259 e. The van der Waals surface area contributed by atoms with E-state index in [1.165, 1.54) is 0 Å². The molecule has 3 aromatic carbocycles. The number of amides is 2. The zero-order chi connectivity index (χ0) is 20.9. The summed E-state index contributed by atoms with van der Waals surface area (Å²) in [5.41, 5.74) is 5.36. The Balaban J connectivity index is 1.49. The van der Waals surface area contributed by atoms with Crippen molar-refractivity contribution in [2.75, 3.05) is 5.32 Å². The Hall–Kier alpha value is -3.93. The first-order chi connectivity index (χ1) is 14.6. The minimum absolute atomic E-state index is 0.0428. The van der Waals surface area contributed by atoms with Gasteiger partial charge in [-0.2, -0.15) is 5.10 Å². The minimum Gasteiger partial charge on any atom is -0.457 e. The van der Waals surface area contributed by atoms with Gasteiger partial charge in [-0.05, 0) is 42.0 Å². The maximum atomic E-state index is 12.8. The summed E-state index contributed by atoms with van der Waals surface area (Å²) in [6.07, 6.45) is 0.412. The van der Waals surface area contributed by atoms with Gasteiger partial charge in [-0.1, -0.05) is 49.4 Å². The van der Waals surface area contributed by atoms with Gasteiger partial charge in [0.2, 0.25) is 5.91 Å². The molecule has 150 valence electrons. The molecule has 0 bridgehead atoms. The van der Waals surface area contributed by atoms with Crippen LogP contribution in [0.5, 0.6) is 11.5 Å². The van der Waals surface area contributed by atoms with E-state index < -0.39 is 0 Å². The molecule has 1 unspecified atom stereocenters. The molecule has 1 atom stereocenters. The highest BCUT2D eigenvalue weighted by molar-refractivity contribution is 6.08. The zero-order valence-corrected chi connectivity index (χ0v) is 16.5. The second-order valence-electron chi connectivity index (χ2n) is 7.08. The Bertz CT molecular complexity index is 1090. The van der Waals surface area contributed by atoms with Gasteiger partial charge in [-0.25, -0.2) is 5.43 Å². The molecule has 3 aromatic rings. The van der Waals surface area contributed by atoms with Gasteiger partial charge < -0.3 is 10.1 Å². The second kappa shape index (κ2) is 8.61. The number of hydrogen-bond acceptors (Lipinski definition) is 4. The first-order valence-electron chi connectivity index (χ1n) is 9.70. The third kappa shape index (κ3) is 4.38. The van der Waals surface area contributed by atoms with Crippen LogP contribution >= 0.6 is 0 Å². The number of rotatable bonds is 5. The molecule has 0 radical (unpaired) electrons. The van der Waals surface area contributed by atoms with Gasteiger partial charge in [0.25, 0.3) is 5.91 Å². The van der Waals surface area contributed by atoms with E-state index in [0.29, 0.717) is 29.2 Å². The van der Waals surface area contributed by atoms with Crippen LogP contribution in [0.4, 0.5) is 5.69 Å². The minimum atomic E-state index is -0.259. The molecule has 1 heterocycles. The lowest BCUT2D eigenvalue weighted by Gasteiger charge is -2.19. The number of carbonyl (C=O) groups is 2. The molecule has 4 rings (SSSR count). The third-order valence-corrected chi connectivity index (χ3v) is 4.80. The van der Waals surface area contributed by atoms with E-state index in [4.69, 9.17) is 4.74 Å². The van der Waals surface area contributed by atoms with E-state index in [-0.39, 0.29) is 17.7 Å². The molecular formula is C24H21N3O3. The Morgan fingerprint density at radius 3 is 2.43 bits per heavy atom. The van der Waals surface area contributed by atoms with Gasteiger partial charge in [-0.15, -0.1) is 0 Å². The van der Waals surface area contributed by atoms with Crippen molar-refractivity contribution in [2.45, 2.75) is 13.3 Å². The topological polar surface area (TPSA) is 79.8 Å². The molecule has 1 aliphatic heterocycles. The fourth-order valence-electron chi connectivity index (χ4n) is 3.28. The van der Waals surface area contributed by atoms with Gasteiger partial charge in [0.1, 0.15) is 11.5 Å². The van der Waals surface area contributed by atoms with E-state index in [1.54, 1.807) is 18.2 Å². The molecule has 0 fully saturated rings. The lowest BCUT2D eigenvalue weighted by atomic mass is 9.94. The average molecular weight is 399 g/mol. The number of hydrazone groups is 1.